The third-order valence-electron chi connectivity index (χ3n) is 4.31. The molecule has 132 valence electrons. The van der Waals surface area contributed by atoms with Crippen molar-refractivity contribution in [1.82, 2.24) is 29.3 Å². The van der Waals surface area contributed by atoms with Gasteiger partial charge in [0.15, 0.2) is 5.82 Å². The highest BCUT2D eigenvalue weighted by molar-refractivity contribution is 5.84. The molecule has 0 aliphatic heterocycles. The van der Waals surface area contributed by atoms with Crippen molar-refractivity contribution in [3.05, 3.63) is 54.9 Å². The first kappa shape index (κ1) is 16.3. The van der Waals surface area contributed by atoms with Gasteiger partial charge in [-0.25, -0.2) is 9.97 Å². The quantitative estimate of drug-likeness (QED) is 0.535. The molecule has 0 radical (unpaired) electrons. The summed E-state index contributed by atoms with van der Waals surface area (Å²) in [6.45, 7) is 3.62. The maximum Gasteiger partial charge on any atom is 0.224 e. The Bertz CT molecular complexity index is 1040. The number of aromatic nitrogens is 6. The number of aryl methyl sites for hydroxylation is 1. The van der Waals surface area contributed by atoms with Crippen LogP contribution in [0.2, 0.25) is 0 Å². The highest BCUT2D eigenvalue weighted by Gasteiger charge is 2.16. The Balaban J connectivity index is 1.77. The van der Waals surface area contributed by atoms with Crippen LogP contribution in [-0.4, -0.2) is 36.4 Å². The van der Waals surface area contributed by atoms with E-state index in [1.807, 2.05) is 35.0 Å². The number of pyridine rings is 1. The van der Waals surface area contributed by atoms with Gasteiger partial charge in [-0.05, 0) is 18.6 Å². The van der Waals surface area contributed by atoms with Crippen molar-refractivity contribution in [2.75, 3.05) is 7.11 Å². The second-order valence-corrected chi connectivity index (χ2v) is 6.06. The molecule has 3 heterocycles. The first-order valence-corrected chi connectivity index (χ1v) is 8.62. The van der Waals surface area contributed by atoms with E-state index in [1.54, 1.807) is 19.6 Å². The summed E-state index contributed by atoms with van der Waals surface area (Å²) in [6.07, 6.45) is 6.53. The van der Waals surface area contributed by atoms with Crippen LogP contribution in [0, 0.1) is 0 Å². The van der Waals surface area contributed by atoms with E-state index in [4.69, 9.17) is 4.74 Å². The van der Waals surface area contributed by atoms with Gasteiger partial charge in [0, 0.05) is 24.3 Å². The van der Waals surface area contributed by atoms with E-state index in [9.17, 15) is 0 Å². The smallest absolute Gasteiger partial charge is 0.224 e. The van der Waals surface area contributed by atoms with E-state index in [0.717, 1.165) is 41.1 Å². The van der Waals surface area contributed by atoms with Gasteiger partial charge >= 0.3 is 0 Å². The average molecular weight is 348 g/mol. The molecule has 0 atom stereocenters. The summed E-state index contributed by atoms with van der Waals surface area (Å²) in [7, 11) is 1.63. The minimum atomic E-state index is 0.561. The van der Waals surface area contributed by atoms with E-state index < -0.39 is 0 Å². The lowest BCUT2D eigenvalue weighted by atomic mass is 10.1. The summed E-state index contributed by atoms with van der Waals surface area (Å²) < 4.78 is 9.65. The highest BCUT2D eigenvalue weighted by Crippen LogP contribution is 2.30. The molecule has 4 rings (SSSR count). The van der Waals surface area contributed by atoms with Gasteiger partial charge in [0.25, 0.3) is 0 Å². The lowest BCUT2D eigenvalue weighted by Gasteiger charge is -2.12. The molecule has 1 aromatic carbocycles. The van der Waals surface area contributed by atoms with Crippen LogP contribution in [0.3, 0.4) is 0 Å². The number of para-hydroxylation sites is 1. The fourth-order valence-electron chi connectivity index (χ4n) is 3.08. The van der Waals surface area contributed by atoms with Crippen molar-refractivity contribution in [1.29, 1.82) is 0 Å². The van der Waals surface area contributed by atoms with Crippen molar-refractivity contribution in [3.8, 4) is 17.3 Å². The van der Waals surface area contributed by atoms with Gasteiger partial charge in [-0.2, -0.15) is 0 Å². The molecular formula is C19H20N6O. The lowest BCUT2D eigenvalue weighted by Crippen LogP contribution is -2.09. The molecule has 7 heteroatoms. The maximum absolute atomic E-state index is 5.53. The van der Waals surface area contributed by atoms with Crippen molar-refractivity contribution in [3.63, 3.8) is 0 Å². The molecule has 0 bridgehead atoms. The zero-order chi connectivity index (χ0) is 17.9. The number of nitrogens with zero attached hydrogens (tertiary/aromatic N) is 6. The molecule has 26 heavy (non-hydrogen) atoms. The van der Waals surface area contributed by atoms with Gasteiger partial charge < -0.3 is 13.9 Å². The third kappa shape index (κ3) is 2.92. The van der Waals surface area contributed by atoms with Crippen molar-refractivity contribution < 1.29 is 4.74 Å². The molecule has 0 amide bonds. The van der Waals surface area contributed by atoms with Crippen LogP contribution in [0.1, 0.15) is 19.2 Å². The molecule has 0 spiro atoms. The van der Waals surface area contributed by atoms with Gasteiger partial charge in [0.2, 0.25) is 5.88 Å². The first-order chi connectivity index (χ1) is 12.8. The van der Waals surface area contributed by atoms with Gasteiger partial charge in [-0.15, -0.1) is 10.2 Å². The SMILES string of the molecule is CCCn1cnnc1Cn1ccnc1-c1cc2ccccc2nc1OC. The summed E-state index contributed by atoms with van der Waals surface area (Å²) >= 11 is 0. The summed E-state index contributed by atoms with van der Waals surface area (Å²) in [4.78, 5) is 9.17. The average Bonchev–Trinajstić information content (AvgIpc) is 3.31. The molecule has 0 saturated heterocycles. The molecule has 0 N–H and O–H groups in total. The second kappa shape index (κ2) is 6.95. The van der Waals surface area contributed by atoms with Gasteiger partial charge in [0.1, 0.15) is 12.2 Å². The van der Waals surface area contributed by atoms with Crippen LogP contribution in [0.15, 0.2) is 49.1 Å². The van der Waals surface area contributed by atoms with Gasteiger partial charge in [-0.1, -0.05) is 25.1 Å². The minimum absolute atomic E-state index is 0.561. The molecule has 7 nitrogen and oxygen atoms in total. The lowest BCUT2D eigenvalue weighted by molar-refractivity contribution is 0.401. The minimum Gasteiger partial charge on any atom is -0.480 e. The molecule has 0 aliphatic rings. The number of ether oxygens (including phenoxy) is 1. The zero-order valence-electron chi connectivity index (χ0n) is 14.8. The normalized spacial score (nSPS) is 11.2. The van der Waals surface area contributed by atoms with E-state index >= 15 is 0 Å². The first-order valence-electron chi connectivity index (χ1n) is 8.62. The van der Waals surface area contributed by atoms with Crippen LogP contribution >= 0.6 is 0 Å². The molecule has 0 fully saturated rings. The van der Waals surface area contributed by atoms with Crippen LogP contribution in [0.5, 0.6) is 5.88 Å². The van der Waals surface area contributed by atoms with Crippen LogP contribution in [0.4, 0.5) is 0 Å². The molecule has 4 aromatic rings. The Labute approximate surface area is 151 Å². The van der Waals surface area contributed by atoms with Crippen molar-refractivity contribution in [2.45, 2.75) is 26.4 Å². The Kier molecular flexibility index (Phi) is 4.35. The number of hydrogen-bond donors (Lipinski definition) is 0. The standard InChI is InChI=1S/C19H20N6O/c1-3-9-25-13-21-23-17(25)12-24-10-8-20-18(24)15-11-14-6-4-5-7-16(14)22-19(15)26-2/h4-8,10-11,13H,3,9,12H2,1-2H3. The van der Waals surface area contributed by atoms with E-state index in [1.165, 1.54) is 0 Å². The number of fused-ring (bicyclic) bond motifs is 1. The molecule has 3 aromatic heterocycles. The Morgan fingerprint density at radius 2 is 2.04 bits per heavy atom. The van der Waals surface area contributed by atoms with E-state index in [2.05, 4.69) is 37.7 Å². The fourth-order valence-corrected chi connectivity index (χ4v) is 3.08. The Hall–Kier alpha value is -3.22. The molecular weight excluding hydrogens is 328 g/mol. The van der Waals surface area contributed by atoms with E-state index in [-0.39, 0.29) is 0 Å². The largest absolute Gasteiger partial charge is 0.480 e. The number of benzene rings is 1. The molecule has 0 unspecified atom stereocenters. The number of methoxy groups -OCH3 is 1. The van der Waals surface area contributed by atoms with Crippen LogP contribution < -0.4 is 4.74 Å². The topological polar surface area (TPSA) is 70.7 Å². The van der Waals surface area contributed by atoms with Gasteiger partial charge in [0.05, 0.1) is 24.7 Å². The zero-order valence-corrected chi connectivity index (χ0v) is 14.8. The van der Waals surface area contributed by atoms with Crippen molar-refractivity contribution in [2.24, 2.45) is 0 Å². The summed E-state index contributed by atoms with van der Waals surface area (Å²) in [5, 5.41) is 9.34. The molecule has 0 saturated carbocycles. The summed E-state index contributed by atoms with van der Waals surface area (Å²) in [6, 6.07) is 10.0. The van der Waals surface area contributed by atoms with Gasteiger partial charge in [-0.3, -0.25) is 0 Å². The summed E-state index contributed by atoms with van der Waals surface area (Å²) in [5.41, 5.74) is 1.76. The van der Waals surface area contributed by atoms with Crippen LogP contribution in [-0.2, 0) is 13.1 Å². The molecule has 0 aliphatic carbocycles. The highest BCUT2D eigenvalue weighted by atomic mass is 16.5. The van der Waals surface area contributed by atoms with Crippen molar-refractivity contribution >= 4 is 10.9 Å². The predicted molar refractivity (Wildman–Crippen MR) is 98.9 cm³/mol. The monoisotopic (exact) mass is 348 g/mol. The van der Waals surface area contributed by atoms with Crippen LogP contribution in [0.25, 0.3) is 22.3 Å². The number of hydrogen-bond acceptors (Lipinski definition) is 5. The fraction of sp³-hybridized carbons (Fsp3) is 0.263. The number of imidazole rings is 1. The third-order valence-corrected chi connectivity index (χ3v) is 4.31. The second-order valence-electron chi connectivity index (χ2n) is 6.06. The maximum atomic E-state index is 5.53. The predicted octanol–water partition coefficient (Wildman–Crippen LogP) is 3.16. The number of rotatable bonds is 6. The Morgan fingerprint density at radius 3 is 2.88 bits per heavy atom. The van der Waals surface area contributed by atoms with E-state index in [0.29, 0.717) is 12.4 Å². The summed E-state index contributed by atoms with van der Waals surface area (Å²) in [5.74, 6) is 2.26. The Morgan fingerprint density at radius 1 is 1.15 bits per heavy atom.